The fraction of sp³-hybridized carbons (Fsp3) is 0.556. The molecule has 0 aliphatic carbocycles. The second-order valence-corrected chi connectivity index (χ2v) is 6.36. The van der Waals surface area contributed by atoms with Gasteiger partial charge in [-0.25, -0.2) is 4.79 Å². The maximum absolute atomic E-state index is 12.6. The van der Waals surface area contributed by atoms with Crippen LogP contribution in [0.3, 0.4) is 0 Å². The molecular formula is C18H23NO4. The molecule has 23 heavy (non-hydrogen) atoms. The van der Waals surface area contributed by atoms with Crippen molar-refractivity contribution in [1.29, 1.82) is 0 Å². The summed E-state index contributed by atoms with van der Waals surface area (Å²) in [7, 11) is 0. The minimum atomic E-state index is -0.906. The molecule has 1 atom stereocenters. The van der Waals surface area contributed by atoms with Crippen LogP contribution in [0.1, 0.15) is 53.9 Å². The molecule has 1 amide bonds. The van der Waals surface area contributed by atoms with Crippen LogP contribution < -0.4 is 0 Å². The van der Waals surface area contributed by atoms with E-state index in [1.807, 2.05) is 24.3 Å². The lowest BCUT2D eigenvalue weighted by Gasteiger charge is -2.33. The maximum Gasteiger partial charge on any atom is 0.326 e. The highest BCUT2D eigenvalue weighted by molar-refractivity contribution is 5.96. The fourth-order valence-corrected chi connectivity index (χ4v) is 3.53. The first-order chi connectivity index (χ1) is 11.2. The molecule has 2 fully saturated rings. The van der Waals surface area contributed by atoms with E-state index in [0.717, 1.165) is 38.9 Å². The lowest BCUT2D eigenvalue weighted by molar-refractivity contribution is -0.143. The number of carboxylic acids is 1. The van der Waals surface area contributed by atoms with Crippen molar-refractivity contribution < 1.29 is 19.4 Å². The van der Waals surface area contributed by atoms with E-state index in [1.165, 1.54) is 10.5 Å². The molecule has 1 N–H and O–H groups in total. The number of nitrogens with zero attached hydrogens (tertiary/aromatic N) is 1. The van der Waals surface area contributed by atoms with Gasteiger partial charge in [0.25, 0.3) is 5.91 Å². The number of ether oxygens (including phenoxy) is 1. The van der Waals surface area contributed by atoms with E-state index < -0.39 is 12.0 Å². The Kier molecular flexibility index (Phi) is 4.96. The molecule has 2 aliphatic rings. The van der Waals surface area contributed by atoms with Crippen molar-refractivity contribution in [2.24, 2.45) is 0 Å². The molecule has 2 saturated heterocycles. The Labute approximate surface area is 136 Å². The first kappa shape index (κ1) is 16.0. The van der Waals surface area contributed by atoms with Crippen molar-refractivity contribution in [3.63, 3.8) is 0 Å². The normalized spacial score (nSPS) is 22.8. The summed E-state index contributed by atoms with van der Waals surface area (Å²) in [5.41, 5.74) is 1.81. The van der Waals surface area contributed by atoms with Crippen molar-refractivity contribution in [2.45, 2.75) is 44.1 Å². The molecule has 5 heteroatoms. The van der Waals surface area contributed by atoms with Gasteiger partial charge in [0, 0.05) is 25.3 Å². The molecule has 0 saturated carbocycles. The lowest BCUT2D eigenvalue weighted by atomic mass is 9.91. The smallest absolute Gasteiger partial charge is 0.326 e. The monoisotopic (exact) mass is 317 g/mol. The Bertz CT molecular complexity index is 563. The first-order valence-electron chi connectivity index (χ1n) is 8.38. The Morgan fingerprint density at radius 2 is 1.74 bits per heavy atom. The topological polar surface area (TPSA) is 66.8 Å². The van der Waals surface area contributed by atoms with E-state index in [9.17, 15) is 14.7 Å². The summed E-state index contributed by atoms with van der Waals surface area (Å²) in [6.07, 6.45) is 4.31. The first-order valence-corrected chi connectivity index (χ1v) is 8.38. The summed E-state index contributed by atoms with van der Waals surface area (Å²) < 4.78 is 5.38. The van der Waals surface area contributed by atoms with Crippen molar-refractivity contribution in [3.8, 4) is 0 Å². The Balaban J connectivity index is 1.72. The maximum atomic E-state index is 12.6. The Morgan fingerprint density at radius 1 is 1.04 bits per heavy atom. The third-order valence-corrected chi connectivity index (χ3v) is 4.90. The van der Waals surface area contributed by atoms with Crippen molar-refractivity contribution in [2.75, 3.05) is 19.8 Å². The summed E-state index contributed by atoms with van der Waals surface area (Å²) >= 11 is 0. The molecule has 3 rings (SSSR count). The highest BCUT2D eigenvalue weighted by atomic mass is 16.5. The lowest BCUT2D eigenvalue weighted by Crippen LogP contribution is -2.47. The van der Waals surface area contributed by atoms with Gasteiger partial charge in [0.1, 0.15) is 6.04 Å². The van der Waals surface area contributed by atoms with Gasteiger partial charge in [0.2, 0.25) is 0 Å². The second-order valence-electron chi connectivity index (χ2n) is 6.36. The molecule has 124 valence electrons. The summed E-state index contributed by atoms with van der Waals surface area (Å²) in [4.78, 5) is 25.5. The molecule has 5 nitrogen and oxygen atoms in total. The molecular weight excluding hydrogens is 294 g/mol. The molecule has 0 radical (unpaired) electrons. The van der Waals surface area contributed by atoms with E-state index in [2.05, 4.69) is 0 Å². The van der Waals surface area contributed by atoms with Gasteiger partial charge in [0.05, 0.1) is 0 Å². The van der Waals surface area contributed by atoms with Crippen LogP contribution in [0.15, 0.2) is 24.3 Å². The third kappa shape index (κ3) is 3.55. The number of carbonyl (C=O) groups is 2. The summed E-state index contributed by atoms with van der Waals surface area (Å²) in [5.74, 6) is -0.581. The average Bonchev–Trinajstić information content (AvgIpc) is 2.62. The van der Waals surface area contributed by atoms with Crippen LogP contribution in [0.4, 0.5) is 0 Å². The van der Waals surface area contributed by atoms with Gasteiger partial charge in [-0.15, -0.1) is 0 Å². The quantitative estimate of drug-likeness (QED) is 0.930. The van der Waals surface area contributed by atoms with E-state index in [1.54, 1.807) is 0 Å². The van der Waals surface area contributed by atoms with E-state index >= 15 is 0 Å². The molecule has 0 aromatic heterocycles. The largest absolute Gasteiger partial charge is 0.480 e. The number of carbonyl (C=O) groups excluding carboxylic acids is 1. The summed E-state index contributed by atoms with van der Waals surface area (Å²) in [6.45, 7) is 2.11. The zero-order valence-corrected chi connectivity index (χ0v) is 13.2. The summed E-state index contributed by atoms with van der Waals surface area (Å²) in [5, 5.41) is 9.31. The van der Waals surface area contributed by atoms with Crippen molar-refractivity contribution >= 4 is 11.9 Å². The van der Waals surface area contributed by atoms with Gasteiger partial charge >= 0.3 is 5.97 Å². The summed E-state index contributed by atoms with van der Waals surface area (Å²) in [6, 6.07) is 6.99. The Morgan fingerprint density at radius 3 is 2.39 bits per heavy atom. The highest BCUT2D eigenvalue weighted by Gasteiger charge is 2.32. The highest BCUT2D eigenvalue weighted by Crippen LogP contribution is 2.27. The number of hydrogen-bond acceptors (Lipinski definition) is 3. The molecule has 2 heterocycles. The molecule has 0 bridgehead atoms. The number of piperidine rings is 1. The third-order valence-electron chi connectivity index (χ3n) is 4.90. The number of carboxylic acid groups (broad SMARTS) is 1. The van der Waals surface area contributed by atoms with Crippen LogP contribution in [0, 0.1) is 0 Å². The number of aliphatic carboxylic acids is 1. The van der Waals surface area contributed by atoms with Gasteiger partial charge in [-0.05, 0) is 55.7 Å². The van der Waals surface area contributed by atoms with Crippen LogP contribution >= 0.6 is 0 Å². The number of hydrogen-bond donors (Lipinski definition) is 1. The van der Waals surface area contributed by atoms with Gasteiger partial charge in [-0.2, -0.15) is 0 Å². The van der Waals surface area contributed by atoms with Gasteiger partial charge in [-0.3, -0.25) is 4.79 Å². The van der Waals surface area contributed by atoms with Crippen LogP contribution in [0.2, 0.25) is 0 Å². The van der Waals surface area contributed by atoms with Crippen LogP contribution in [-0.4, -0.2) is 47.7 Å². The molecule has 1 aromatic rings. The molecule has 1 unspecified atom stereocenters. The minimum Gasteiger partial charge on any atom is -0.480 e. The van der Waals surface area contributed by atoms with Crippen LogP contribution in [-0.2, 0) is 9.53 Å². The van der Waals surface area contributed by atoms with Crippen LogP contribution in [0.25, 0.3) is 0 Å². The number of benzene rings is 1. The SMILES string of the molecule is O=C(O)C1CCCCN1C(=O)c1ccc(C2CCOCC2)cc1. The second kappa shape index (κ2) is 7.13. The Hall–Kier alpha value is -1.88. The van der Waals surface area contributed by atoms with Crippen molar-refractivity contribution in [3.05, 3.63) is 35.4 Å². The van der Waals surface area contributed by atoms with Gasteiger partial charge < -0.3 is 14.7 Å². The van der Waals surface area contributed by atoms with Crippen LogP contribution in [0.5, 0.6) is 0 Å². The number of amides is 1. The fourth-order valence-electron chi connectivity index (χ4n) is 3.53. The minimum absolute atomic E-state index is 0.171. The van der Waals surface area contributed by atoms with E-state index in [0.29, 0.717) is 24.4 Å². The number of rotatable bonds is 3. The zero-order chi connectivity index (χ0) is 16.2. The molecule has 0 spiro atoms. The predicted octanol–water partition coefficient (Wildman–Crippen LogP) is 2.66. The standard InChI is InChI=1S/C18H23NO4/c20-17(19-10-2-1-3-16(19)18(21)22)15-6-4-13(5-7-15)14-8-11-23-12-9-14/h4-7,14,16H,1-3,8-12H2,(H,21,22). The zero-order valence-electron chi connectivity index (χ0n) is 13.2. The predicted molar refractivity (Wildman–Crippen MR) is 85.5 cm³/mol. The van der Waals surface area contributed by atoms with Gasteiger partial charge in [-0.1, -0.05) is 12.1 Å². The van der Waals surface area contributed by atoms with E-state index in [4.69, 9.17) is 4.74 Å². The molecule has 2 aliphatic heterocycles. The van der Waals surface area contributed by atoms with Crippen molar-refractivity contribution in [1.82, 2.24) is 4.90 Å². The number of likely N-dealkylation sites (tertiary alicyclic amines) is 1. The van der Waals surface area contributed by atoms with Gasteiger partial charge in [0.15, 0.2) is 0 Å². The molecule has 1 aromatic carbocycles. The average molecular weight is 317 g/mol. The van der Waals surface area contributed by atoms with E-state index in [-0.39, 0.29) is 5.91 Å².